The van der Waals surface area contributed by atoms with Crippen molar-refractivity contribution in [2.24, 2.45) is 5.73 Å². The van der Waals surface area contributed by atoms with E-state index in [0.29, 0.717) is 22.7 Å². The third-order valence-electron chi connectivity index (χ3n) is 2.95. The summed E-state index contributed by atoms with van der Waals surface area (Å²) in [6.45, 7) is -0.102. The van der Waals surface area contributed by atoms with Gasteiger partial charge in [0.1, 0.15) is 5.75 Å². The number of rotatable bonds is 5. The Morgan fingerprint density at radius 1 is 1.09 bits per heavy atom. The lowest BCUT2D eigenvalue weighted by molar-refractivity contribution is -0.114. The standard InChI is InChI=1S/C16H17N3O3/c1-22-14-9-12(18-15(20)10-17)7-8-13(14)19-16(21)11-5-3-2-4-6-11/h2-9H,10,17H2,1H3,(H,18,20)(H,19,21). The number of benzene rings is 2. The van der Waals surface area contributed by atoms with E-state index in [2.05, 4.69) is 10.6 Å². The second kappa shape index (κ2) is 7.24. The normalized spacial score (nSPS) is 9.91. The Balaban J connectivity index is 2.17. The predicted molar refractivity (Wildman–Crippen MR) is 85.1 cm³/mol. The minimum Gasteiger partial charge on any atom is -0.494 e. The first-order valence-electron chi connectivity index (χ1n) is 6.68. The van der Waals surface area contributed by atoms with Crippen molar-refractivity contribution < 1.29 is 14.3 Å². The smallest absolute Gasteiger partial charge is 0.255 e. The molecule has 0 fully saturated rings. The van der Waals surface area contributed by atoms with Crippen LogP contribution in [0.1, 0.15) is 10.4 Å². The van der Waals surface area contributed by atoms with Gasteiger partial charge in [0.2, 0.25) is 5.91 Å². The molecule has 0 aromatic heterocycles. The zero-order chi connectivity index (χ0) is 15.9. The van der Waals surface area contributed by atoms with E-state index < -0.39 is 0 Å². The Morgan fingerprint density at radius 2 is 1.82 bits per heavy atom. The molecule has 0 radical (unpaired) electrons. The summed E-state index contributed by atoms with van der Waals surface area (Å²) < 4.78 is 5.24. The van der Waals surface area contributed by atoms with Gasteiger partial charge in [0, 0.05) is 17.3 Å². The van der Waals surface area contributed by atoms with Gasteiger partial charge in [-0.1, -0.05) is 18.2 Å². The largest absolute Gasteiger partial charge is 0.494 e. The van der Waals surface area contributed by atoms with Crippen LogP contribution in [0.5, 0.6) is 5.75 Å². The molecular formula is C16H17N3O3. The van der Waals surface area contributed by atoms with Crippen LogP contribution in [0, 0.1) is 0 Å². The number of nitrogens with one attached hydrogen (secondary N) is 2. The summed E-state index contributed by atoms with van der Waals surface area (Å²) in [5.74, 6) is -0.0973. The summed E-state index contributed by atoms with van der Waals surface area (Å²) in [5, 5.41) is 5.39. The first kappa shape index (κ1) is 15.5. The van der Waals surface area contributed by atoms with E-state index in [1.54, 1.807) is 42.5 Å². The molecule has 2 aromatic carbocycles. The van der Waals surface area contributed by atoms with Gasteiger partial charge < -0.3 is 21.1 Å². The molecule has 6 nitrogen and oxygen atoms in total. The molecule has 0 spiro atoms. The highest BCUT2D eigenvalue weighted by atomic mass is 16.5. The first-order chi connectivity index (χ1) is 10.6. The van der Waals surface area contributed by atoms with E-state index in [4.69, 9.17) is 10.5 Å². The SMILES string of the molecule is COc1cc(NC(=O)CN)ccc1NC(=O)c1ccccc1. The lowest BCUT2D eigenvalue weighted by Crippen LogP contribution is -2.21. The van der Waals surface area contributed by atoms with Gasteiger partial charge in [-0.25, -0.2) is 0 Å². The summed E-state index contributed by atoms with van der Waals surface area (Å²) in [6, 6.07) is 13.8. The Morgan fingerprint density at radius 3 is 2.45 bits per heavy atom. The fourth-order valence-corrected chi connectivity index (χ4v) is 1.87. The van der Waals surface area contributed by atoms with E-state index >= 15 is 0 Å². The third kappa shape index (κ3) is 3.83. The van der Waals surface area contributed by atoms with Gasteiger partial charge in [0.25, 0.3) is 5.91 Å². The summed E-state index contributed by atoms with van der Waals surface area (Å²) in [7, 11) is 1.49. The molecule has 2 amide bonds. The molecule has 4 N–H and O–H groups in total. The molecule has 0 aliphatic rings. The van der Waals surface area contributed by atoms with Crippen molar-refractivity contribution in [3.8, 4) is 5.75 Å². The monoisotopic (exact) mass is 299 g/mol. The summed E-state index contributed by atoms with van der Waals surface area (Å²) in [6.07, 6.45) is 0. The average molecular weight is 299 g/mol. The quantitative estimate of drug-likeness (QED) is 0.785. The van der Waals surface area contributed by atoms with Gasteiger partial charge in [-0.15, -0.1) is 0 Å². The van der Waals surface area contributed by atoms with E-state index in [1.165, 1.54) is 7.11 Å². The summed E-state index contributed by atoms with van der Waals surface area (Å²) in [4.78, 5) is 23.4. The number of carbonyl (C=O) groups excluding carboxylic acids is 2. The van der Waals surface area contributed by atoms with Gasteiger partial charge in [0.05, 0.1) is 19.3 Å². The van der Waals surface area contributed by atoms with Crippen molar-refractivity contribution in [3.63, 3.8) is 0 Å². The lowest BCUT2D eigenvalue weighted by atomic mass is 10.2. The fourth-order valence-electron chi connectivity index (χ4n) is 1.87. The van der Waals surface area contributed by atoms with Crippen LogP contribution in [-0.4, -0.2) is 25.5 Å². The number of carbonyl (C=O) groups is 2. The van der Waals surface area contributed by atoms with Gasteiger partial charge in [-0.3, -0.25) is 9.59 Å². The molecule has 0 aliphatic heterocycles. The van der Waals surface area contributed by atoms with Crippen molar-refractivity contribution >= 4 is 23.2 Å². The topological polar surface area (TPSA) is 93.4 Å². The highest BCUT2D eigenvalue weighted by molar-refractivity contribution is 6.05. The van der Waals surface area contributed by atoms with Crippen LogP contribution in [0.3, 0.4) is 0 Å². The number of anilines is 2. The molecule has 0 saturated carbocycles. The van der Waals surface area contributed by atoms with Crippen LogP contribution in [0.25, 0.3) is 0 Å². The van der Waals surface area contributed by atoms with Crippen LogP contribution < -0.4 is 21.1 Å². The molecule has 0 aliphatic carbocycles. The second-order valence-corrected chi connectivity index (χ2v) is 4.49. The maximum absolute atomic E-state index is 12.1. The van der Waals surface area contributed by atoms with Crippen LogP contribution in [-0.2, 0) is 4.79 Å². The van der Waals surface area contributed by atoms with Gasteiger partial charge >= 0.3 is 0 Å². The number of nitrogens with two attached hydrogens (primary N) is 1. The summed E-state index contributed by atoms with van der Waals surface area (Å²) >= 11 is 0. The minimum atomic E-state index is -0.303. The number of hydrogen-bond donors (Lipinski definition) is 3. The fraction of sp³-hybridized carbons (Fsp3) is 0.125. The van der Waals surface area contributed by atoms with E-state index in [0.717, 1.165) is 0 Å². The highest BCUT2D eigenvalue weighted by Gasteiger charge is 2.10. The Labute approximate surface area is 128 Å². The maximum atomic E-state index is 12.1. The van der Waals surface area contributed by atoms with Gasteiger partial charge in [-0.05, 0) is 24.3 Å². The second-order valence-electron chi connectivity index (χ2n) is 4.49. The number of ether oxygens (including phenoxy) is 1. The molecular weight excluding hydrogens is 282 g/mol. The zero-order valence-electron chi connectivity index (χ0n) is 12.1. The van der Waals surface area contributed by atoms with Crippen molar-refractivity contribution in [1.82, 2.24) is 0 Å². The number of hydrogen-bond acceptors (Lipinski definition) is 4. The molecule has 114 valence electrons. The first-order valence-corrected chi connectivity index (χ1v) is 6.68. The molecule has 2 rings (SSSR count). The number of methoxy groups -OCH3 is 1. The Kier molecular flexibility index (Phi) is 5.11. The number of amides is 2. The highest BCUT2D eigenvalue weighted by Crippen LogP contribution is 2.28. The molecule has 0 unspecified atom stereocenters. The zero-order valence-corrected chi connectivity index (χ0v) is 12.1. The van der Waals surface area contributed by atoms with Crippen LogP contribution in [0.15, 0.2) is 48.5 Å². The van der Waals surface area contributed by atoms with Crippen molar-refractivity contribution in [1.29, 1.82) is 0 Å². The van der Waals surface area contributed by atoms with E-state index in [9.17, 15) is 9.59 Å². The molecule has 0 heterocycles. The maximum Gasteiger partial charge on any atom is 0.255 e. The van der Waals surface area contributed by atoms with E-state index in [-0.39, 0.29) is 18.4 Å². The molecule has 2 aromatic rings. The van der Waals surface area contributed by atoms with Crippen molar-refractivity contribution in [2.75, 3.05) is 24.3 Å². The Hall–Kier alpha value is -2.86. The van der Waals surface area contributed by atoms with Crippen LogP contribution in [0.4, 0.5) is 11.4 Å². The molecule has 0 atom stereocenters. The minimum absolute atomic E-state index is 0.102. The summed E-state index contributed by atoms with van der Waals surface area (Å²) in [5.41, 5.74) is 6.86. The van der Waals surface area contributed by atoms with Gasteiger partial charge in [-0.2, -0.15) is 0 Å². The van der Waals surface area contributed by atoms with E-state index in [1.807, 2.05) is 6.07 Å². The molecule has 6 heteroatoms. The lowest BCUT2D eigenvalue weighted by Gasteiger charge is -2.12. The average Bonchev–Trinajstić information content (AvgIpc) is 2.56. The molecule has 0 saturated heterocycles. The third-order valence-corrected chi connectivity index (χ3v) is 2.95. The van der Waals surface area contributed by atoms with Crippen molar-refractivity contribution in [3.05, 3.63) is 54.1 Å². The van der Waals surface area contributed by atoms with Crippen LogP contribution >= 0.6 is 0 Å². The molecule has 0 bridgehead atoms. The van der Waals surface area contributed by atoms with Gasteiger partial charge in [0.15, 0.2) is 0 Å². The molecule has 22 heavy (non-hydrogen) atoms. The van der Waals surface area contributed by atoms with Crippen molar-refractivity contribution in [2.45, 2.75) is 0 Å². The predicted octanol–water partition coefficient (Wildman–Crippen LogP) is 1.84. The van der Waals surface area contributed by atoms with Crippen LogP contribution in [0.2, 0.25) is 0 Å². The Bertz CT molecular complexity index is 672.